The largest absolute Gasteiger partial charge is 0.323 e. The maximum Gasteiger partial charge on any atom is 0.323 e. The van der Waals surface area contributed by atoms with E-state index in [-0.39, 0.29) is 6.03 Å². The van der Waals surface area contributed by atoms with Crippen LogP contribution in [0.3, 0.4) is 0 Å². The molecule has 0 radical (unpaired) electrons. The highest BCUT2D eigenvalue weighted by atomic mass is 32.1. The van der Waals surface area contributed by atoms with Crippen molar-refractivity contribution in [2.75, 3.05) is 51.6 Å². The summed E-state index contributed by atoms with van der Waals surface area (Å²) >= 11 is 1.46. The lowest BCUT2D eigenvalue weighted by molar-refractivity contribution is 0.0948. The molecule has 0 spiro atoms. The number of hydrogen-bond acceptors (Lipinski definition) is 6. The predicted molar refractivity (Wildman–Crippen MR) is 113 cm³/mol. The fourth-order valence-electron chi connectivity index (χ4n) is 3.94. The number of likely N-dealkylation sites (N-methyl/N-ethyl adjacent to an activating group) is 1. The minimum atomic E-state index is -0.0342. The SMILES string of the molecule is CN1CCN(C2CCCCN(C(=O)Nc3nc(-c4cccnc4)cs3)C2)CC1. The Morgan fingerprint density at radius 3 is 2.86 bits per heavy atom. The van der Waals surface area contributed by atoms with Gasteiger partial charge in [0.05, 0.1) is 5.69 Å². The zero-order valence-electron chi connectivity index (χ0n) is 16.4. The van der Waals surface area contributed by atoms with Gasteiger partial charge in [-0.05, 0) is 32.0 Å². The Labute approximate surface area is 170 Å². The summed E-state index contributed by atoms with van der Waals surface area (Å²) in [4.78, 5) is 28.5. The molecule has 2 fully saturated rings. The second-order valence-electron chi connectivity index (χ2n) is 7.64. The first kappa shape index (κ1) is 19.3. The summed E-state index contributed by atoms with van der Waals surface area (Å²) in [5.41, 5.74) is 1.81. The first-order chi connectivity index (χ1) is 13.7. The van der Waals surface area contributed by atoms with Crippen LogP contribution in [0.2, 0.25) is 0 Å². The molecule has 0 bridgehead atoms. The average Bonchev–Trinajstić information content (AvgIpc) is 3.04. The van der Waals surface area contributed by atoms with E-state index in [0.717, 1.165) is 56.9 Å². The van der Waals surface area contributed by atoms with Gasteiger partial charge < -0.3 is 9.80 Å². The summed E-state index contributed by atoms with van der Waals surface area (Å²) in [5.74, 6) is 0. The molecule has 2 aromatic heterocycles. The van der Waals surface area contributed by atoms with Crippen LogP contribution in [-0.2, 0) is 0 Å². The third kappa shape index (κ3) is 4.68. The number of aromatic nitrogens is 2. The zero-order chi connectivity index (χ0) is 19.3. The van der Waals surface area contributed by atoms with Crippen molar-refractivity contribution in [2.45, 2.75) is 25.3 Å². The van der Waals surface area contributed by atoms with Gasteiger partial charge in [0.2, 0.25) is 0 Å². The highest BCUT2D eigenvalue weighted by Gasteiger charge is 2.28. The van der Waals surface area contributed by atoms with E-state index in [1.165, 1.54) is 24.2 Å². The minimum Gasteiger partial charge on any atom is -0.323 e. The van der Waals surface area contributed by atoms with Gasteiger partial charge in [-0.2, -0.15) is 0 Å². The molecule has 0 saturated carbocycles. The number of carbonyl (C=O) groups excluding carboxylic acids is 1. The summed E-state index contributed by atoms with van der Waals surface area (Å²) in [6.45, 7) is 6.03. The molecule has 2 amide bonds. The van der Waals surface area contributed by atoms with Crippen molar-refractivity contribution in [3.05, 3.63) is 29.9 Å². The lowest BCUT2D eigenvalue weighted by atomic mass is 10.1. The van der Waals surface area contributed by atoms with Gasteiger partial charge >= 0.3 is 6.03 Å². The van der Waals surface area contributed by atoms with Gasteiger partial charge in [-0.3, -0.25) is 15.2 Å². The van der Waals surface area contributed by atoms with E-state index in [4.69, 9.17) is 0 Å². The normalized spacial score (nSPS) is 22.0. The molecule has 1 unspecified atom stereocenters. The second-order valence-corrected chi connectivity index (χ2v) is 8.50. The molecule has 8 heteroatoms. The lowest BCUT2D eigenvalue weighted by Gasteiger charge is -2.39. The van der Waals surface area contributed by atoms with Crippen LogP contribution in [0.5, 0.6) is 0 Å². The molecule has 2 aliphatic heterocycles. The number of nitrogens with one attached hydrogen (secondary N) is 1. The van der Waals surface area contributed by atoms with Gasteiger partial charge in [0, 0.05) is 68.6 Å². The fourth-order valence-corrected chi connectivity index (χ4v) is 4.65. The zero-order valence-corrected chi connectivity index (χ0v) is 17.2. The summed E-state index contributed by atoms with van der Waals surface area (Å²) in [6, 6.07) is 4.29. The number of pyridine rings is 1. The molecule has 4 rings (SSSR count). The van der Waals surface area contributed by atoms with E-state index >= 15 is 0 Å². The van der Waals surface area contributed by atoms with Gasteiger partial charge in [0.25, 0.3) is 0 Å². The van der Waals surface area contributed by atoms with E-state index in [1.54, 1.807) is 12.4 Å². The lowest BCUT2D eigenvalue weighted by Crippen LogP contribution is -2.52. The molecule has 4 heterocycles. The Hall–Kier alpha value is -2.03. The quantitative estimate of drug-likeness (QED) is 0.858. The van der Waals surface area contributed by atoms with Gasteiger partial charge in [-0.15, -0.1) is 11.3 Å². The third-order valence-electron chi connectivity index (χ3n) is 5.66. The maximum absolute atomic E-state index is 12.9. The summed E-state index contributed by atoms with van der Waals surface area (Å²) in [7, 11) is 2.18. The molecular weight excluding hydrogens is 372 g/mol. The fraction of sp³-hybridized carbons (Fsp3) is 0.550. The topological polar surface area (TPSA) is 64.6 Å². The summed E-state index contributed by atoms with van der Waals surface area (Å²) in [5, 5.41) is 5.61. The van der Waals surface area contributed by atoms with Crippen LogP contribution in [0.15, 0.2) is 29.9 Å². The second kappa shape index (κ2) is 8.98. The molecule has 150 valence electrons. The number of hydrogen-bond donors (Lipinski definition) is 1. The van der Waals surface area contributed by atoms with Crippen molar-refractivity contribution < 1.29 is 4.79 Å². The number of anilines is 1. The highest BCUT2D eigenvalue weighted by molar-refractivity contribution is 7.14. The molecule has 28 heavy (non-hydrogen) atoms. The third-order valence-corrected chi connectivity index (χ3v) is 6.42. The van der Waals surface area contributed by atoms with Crippen LogP contribution in [0, 0.1) is 0 Å². The maximum atomic E-state index is 12.9. The molecule has 2 saturated heterocycles. The van der Waals surface area contributed by atoms with E-state index in [1.807, 2.05) is 22.4 Å². The molecule has 1 N–H and O–H groups in total. The van der Waals surface area contributed by atoms with Gasteiger partial charge in [0.15, 0.2) is 5.13 Å². The van der Waals surface area contributed by atoms with Crippen molar-refractivity contribution in [1.82, 2.24) is 24.7 Å². The van der Waals surface area contributed by atoms with E-state index in [2.05, 4.69) is 32.1 Å². The summed E-state index contributed by atoms with van der Waals surface area (Å²) in [6.07, 6.45) is 6.96. The van der Waals surface area contributed by atoms with Crippen LogP contribution in [0.4, 0.5) is 9.93 Å². The molecule has 2 aliphatic rings. The van der Waals surface area contributed by atoms with Gasteiger partial charge in [-0.1, -0.05) is 6.42 Å². The molecule has 0 aliphatic carbocycles. The van der Waals surface area contributed by atoms with Gasteiger partial charge in [0.1, 0.15) is 0 Å². The number of urea groups is 1. The van der Waals surface area contributed by atoms with E-state index in [0.29, 0.717) is 11.2 Å². The Morgan fingerprint density at radius 2 is 2.07 bits per heavy atom. The monoisotopic (exact) mass is 400 g/mol. The van der Waals surface area contributed by atoms with Crippen molar-refractivity contribution in [1.29, 1.82) is 0 Å². The number of nitrogens with zero attached hydrogens (tertiary/aromatic N) is 5. The van der Waals surface area contributed by atoms with E-state index in [9.17, 15) is 4.79 Å². The van der Waals surface area contributed by atoms with Crippen LogP contribution < -0.4 is 5.32 Å². The van der Waals surface area contributed by atoms with Crippen molar-refractivity contribution in [2.24, 2.45) is 0 Å². The first-order valence-corrected chi connectivity index (χ1v) is 10.9. The molecule has 1 atom stereocenters. The molecule has 7 nitrogen and oxygen atoms in total. The molecule has 0 aromatic carbocycles. The number of piperazine rings is 1. The van der Waals surface area contributed by atoms with E-state index < -0.39 is 0 Å². The smallest absolute Gasteiger partial charge is 0.323 e. The Morgan fingerprint density at radius 1 is 1.21 bits per heavy atom. The van der Waals surface area contributed by atoms with Gasteiger partial charge in [-0.25, -0.2) is 9.78 Å². The first-order valence-electron chi connectivity index (χ1n) is 10.0. The van der Waals surface area contributed by atoms with Crippen LogP contribution in [0.1, 0.15) is 19.3 Å². The molecular formula is C20H28N6OS. The van der Waals surface area contributed by atoms with Crippen LogP contribution >= 0.6 is 11.3 Å². The Kier molecular flexibility index (Phi) is 6.19. The number of thiazole rings is 1. The standard InChI is InChI=1S/C20H28N6OS/c1-24-9-11-25(12-10-24)17-6-2-3-8-26(14-17)20(27)23-19-22-18(15-28-19)16-5-4-7-21-13-16/h4-5,7,13,15,17H,2-3,6,8-12,14H2,1H3,(H,22,23,27). The Balaban J connectivity index is 1.37. The average molecular weight is 401 g/mol. The van der Waals surface area contributed by atoms with Crippen molar-refractivity contribution in [3.8, 4) is 11.3 Å². The highest BCUT2D eigenvalue weighted by Crippen LogP contribution is 2.25. The predicted octanol–water partition coefficient (Wildman–Crippen LogP) is 2.84. The van der Waals surface area contributed by atoms with Crippen molar-refractivity contribution >= 4 is 22.5 Å². The number of likely N-dealkylation sites (tertiary alicyclic amines) is 1. The minimum absolute atomic E-state index is 0.0342. The number of carbonyl (C=O) groups is 1. The van der Waals surface area contributed by atoms with Crippen molar-refractivity contribution in [3.63, 3.8) is 0 Å². The number of amides is 2. The number of rotatable bonds is 3. The van der Waals surface area contributed by atoms with Crippen LogP contribution in [-0.4, -0.2) is 83.1 Å². The van der Waals surface area contributed by atoms with Crippen LogP contribution in [0.25, 0.3) is 11.3 Å². The summed E-state index contributed by atoms with van der Waals surface area (Å²) < 4.78 is 0. The Bertz CT molecular complexity index is 774. The molecule has 2 aromatic rings.